The minimum atomic E-state index is -0.533. The fraction of sp³-hybridized carbons (Fsp3) is 0.250. The second-order valence-corrected chi connectivity index (χ2v) is 7.54. The van der Waals surface area contributed by atoms with Gasteiger partial charge in [0.2, 0.25) is 0 Å². The summed E-state index contributed by atoms with van der Waals surface area (Å²) in [5.41, 5.74) is 4.53. The van der Waals surface area contributed by atoms with E-state index in [1.165, 1.54) is 0 Å². The number of carbonyl (C=O) groups is 2. The van der Waals surface area contributed by atoms with Crippen molar-refractivity contribution < 1.29 is 19.1 Å². The molecule has 0 radical (unpaired) electrons. The molecule has 1 aromatic heterocycles. The van der Waals surface area contributed by atoms with Crippen molar-refractivity contribution in [3.05, 3.63) is 76.5 Å². The molecule has 0 amide bonds. The van der Waals surface area contributed by atoms with Crippen LogP contribution in [0.1, 0.15) is 34.1 Å². The summed E-state index contributed by atoms with van der Waals surface area (Å²) in [5, 5.41) is 1.60. The van der Waals surface area contributed by atoms with Gasteiger partial charge in [-0.15, -0.1) is 0 Å². The quantitative estimate of drug-likeness (QED) is 0.280. The molecule has 1 atom stereocenters. The van der Waals surface area contributed by atoms with Crippen molar-refractivity contribution in [1.29, 1.82) is 0 Å². The summed E-state index contributed by atoms with van der Waals surface area (Å²) >= 11 is 6.43. The summed E-state index contributed by atoms with van der Waals surface area (Å²) in [4.78, 5) is 23.1. The average molecular weight is 426 g/mol. The maximum Gasteiger partial charge on any atom is 0.338 e. The predicted octanol–water partition coefficient (Wildman–Crippen LogP) is 5.27. The Morgan fingerprint density at radius 3 is 2.70 bits per heavy atom. The van der Waals surface area contributed by atoms with Crippen molar-refractivity contribution in [3.63, 3.8) is 0 Å². The molecular formula is C24H24ClNO4. The van der Waals surface area contributed by atoms with E-state index in [1.54, 1.807) is 31.2 Å². The highest BCUT2D eigenvalue weighted by Crippen LogP contribution is 2.30. The molecule has 156 valence electrons. The van der Waals surface area contributed by atoms with E-state index in [9.17, 15) is 9.59 Å². The van der Waals surface area contributed by atoms with Gasteiger partial charge in [-0.3, -0.25) is 4.79 Å². The lowest BCUT2D eigenvalue weighted by Crippen LogP contribution is -2.13. The van der Waals surface area contributed by atoms with E-state index < -0.39 is 6.10 Å². The number of aryl methyl sites for hydroxylation is 1. The standard InChI is InChI=1S/C24H24ClNO4/c1-5-10-29-24(28)18-6-9-23-21(12-18)16(3)17(4)26(23)13-19-11-20(7-8-22(19)25)30-15(2)14-27/h5-9,11-12,14-15H,1,10,13H2,2-4H3/t15-/m1/s1. The van der Waals surface area contributed by atoms with Gasteiger partial charge in [-0.2, -0.15) is 0 Å². The lowest BCUT2D eigenvalue weighted by Gasteiger charge is -2.14. The van der Waals surface area contributed by atoms with Crippen LogP contribution in [0.5, 0.6) is 5.75 Å². The largest absolute Gasteiger partial charge is 0.483 e. The Morgan fingerprint density at radius 2 is 2.00 bits per heavy atom. The van der Waals surface area contributed by atoms with Crippen LogP contribution < -0.4 is 4.74 Å². The van der Waals surface area contributed by atoms with Gasteiger partial charge in [0, 0.05) is 28.2 Å². The van der Waals surface area contributed by atoms with E-state index in [-0.39, 0.29) is 12.6 Å². The molecule has 0 fully saturated rings. The maximum atomic E-state index is 12.2. The molecular weight excluding hydrogens is 402 g/mol. The molecule has 30 heavy (non-hydrogen) atoms. The first-order valence-electron chi connectivity index (χ1n) is 9.63. The molecule has 3 aromatic rings. The number of aromatic nitrogens is 1. The summed E-state index contributed by atoms with van der Waals surface area (Å²) in [7, 11) is 0. The molecule has 0 aliphatic carbocycles. The average Bonchev–Trinajstić information content (AvgIpc) is 2.98. The number of nitrogens with zero attached hydrogens (tertiary/aromatic N) is 1. The number of halogens is 1. The van der Waals surface area contributed by atoms with Gasteiger partial charge in [0.25, 0.3) is 0 Å². The van der Waals surface area contributed by atoms with E-state index in [0.29, 0.717) is 22.9 Å². The number of ether oxygens (including phenoxy) is 2. The van der Waals surface area contributed by atoms with Crippen molar-refractivity contribution in [3.8, 4) is 5.75 Å². The summed E-state index contributed by atoms with van der Waals surface area (Å²) in [6.45, 7) is 10.0. The van der Waals surface area contributed by atoms with E-state index in [2.05, 4.69) is 11.1 Å². The molecule has 0 aliphatic heterocycles. The first-order chi connectivity index (χ1) is 14.3. The zero-order valence-corrected chi connectivity index (χ0v) is 18.0. The summed E-state index contributed by atoms with van der Waals surface area (Å²) in [5.74, 6) is 0.214. The highest BCUT2D eigenvalue weighted by Gasteiger charge is 2.16. The van der Waals surface area contributed by atoms with Crippen molar-refractivity contribution in [2.75, 3.05) is 6.61 Å². The number of aldehydes is 1. The topological polar surface area (TPSA) is 57.5 Å². The number of fused-ring (bicyclic) bond motifs is 1. The van der Waals surface area contributed by atoms with Gasteiger partial charge in [0.1, 0.15) is 12.4 Å². The molecule has 0 aliphatic rings. The molecule has 3 rings (SSSR count). The highest BCUT2D eigenvalue weighted by molar-refractivity contribution is 6.31. The van der Waals surface area contributed by atoms with Crippen LogP contribution in [0.4, 0.5) is 0 Å². The first-order valence-corrected chi connectivity index (χ1v) is 10.0. The van der Waals surface area contributed by atoms with Crippen LogP contribution in [0.25, 0.3) is 10.9 Å². The molecule has 6 heteroatoms. The first kappa shape index (κ1) is 21.7. The zero-order valence-electron chi connectivity index (χ0n) is 17.3. The SMILES string of the molecule is C=CCOC(=O)c1ccc2c(c1)c(C)c(C)n2Cc1cc(O[C@H](C)C=O)ccc1Cl. The molecule has 0 bridgehead atoms. The summed E-state index contributed by atoms with van der Waals surface area (Å²) in [6, 6.07) is 10.9. The molecule has 0 N–H and O–H groups in total. The third-order valence-corrected chi connectivity index (χ3v) is 5.43. The third kappa shape index (κ3) is 4.41. The van der Waals surface area contributed by atoms with Crippen LogP contribution in [0, 0.1) is 13.8 Å². The minimum Gasteiger partial charge on any atom is -0.483 e. The Kier molecular flexibility index (Phi) is 6.63. The van der Waals surface area contributed by atoms with Crippen LogP contribution in [0.2, 0.25) is 5.02 Å². The maximum absolute atomic E-state index is 12.2. The zero-order chi connectivity index (χ0) is 21.8. The smallest absolute Gasteiger partial charge is 0.338 e. The van der Waals surface area contributed by atoms with Gasteiger partial charge in [-0.1, -0.05) is 24.3 Å². The molecule has 5 nitrogen and oxygen atoms in total. The number of carbonyl (C=O) groups excluding carboxylic acids is 2. The minimum absolute atomic E-state index is 0.176. The Labute approximate surface area is 180 Å². The van der Waals surface area contributed by atoms with Crippen LogP contribution in [0.3, 0.4) is 0 Å². The van der Waals surface area contributed by atoms with E-state index >= 15 is 0 Å². The van der Waals surface area contributed by atoms with Crippen LogP contribution in [-0.2, 0) is 16.1 Å². The van der Waals surface area contributed by atoms with Gasteiger partial charge in [-0.05, 0) is 68.3 Å². The summed E-state index contributed by atoms with van der Waals surface area (Å²) < 4.78 is 12.9. The van der Waals surface area contributed by atoms with Gasteiger partial charge in [-0.25, -0.2) is 4.79 Å². The van der Waals surface area contributed by atoms with E-state index in [1.807, 2.05) is 32.0 Å². The Balaban J connectivity index is 1.98. The number of hydrogen-bond donors (Lipinski definition) is 0. The van der Waals surface area contributed by atoms with Crippen molar-refractivity contribution in [2.24, 2.45) is 0 Å². The summed E-state index contributed by atoms with van der Waals surface area (Å²) in [6.07, 6.45) is 1.76. The monoisotopic (exact) mass is 425 g/mol. The van der Waals surface area contributed by atoms with Crippen molar-refractivity contribution >= 4 is 34.8 Å². The fourth-order valence-corrected chi connectivity index (χ4v) is 3.53. The second-order valence-electron chi connectivity index (χ2n) is 7.13. The van der Waals surface area contributed by atoms with E-state index in [0.717, 1.165) is 34.0 Å². The molecule has 0 unspecified atom stereocenters. The number of esters is 1. The third-order valence-electron chi connectivity index (χ3n) is 5.07. The second kappa shape index (κ2) is 9.18. The lowest BCUT2D eigenvalue weighted by atomic mass is 10.1. The molecule has 2 aromatic carbocycles. The van der Waals surface area contributed by atoms with Gasteiger partial charge >= 0.3 is 5.97 Å². The lowest BCUT2D eigenvalue weighted by molar-refractivity contribution is -0.113. The highest BCUT2D eigenvalue weighted by atomic mass is 35.5. The predicted molar refractivity (Wildman–Crippen MR) is 119 cm³/mol. The van der Waals surface area contributed by atoms with Crippen molar-refractivity contribution in [1.82, 2.24) is 4.57 Å². The number of rotatable bonds is 8. The Bertz CT molecular complexity index is 1120. The molecule has 1 heterocycles. The van der Waals surface area contributed by atoms with Crippen molar-refractivity contribution in [2.45, 2.75) is 33.4 Å². The number of hydrogen-bond acceptors (Lipinski definition) is 4. The van der Waals surface area contributed by atoms with Crippen LogP contribution in [0.15, 0.2) is 49.1 Å². The molecule has 0 spiro atoms. The Hall–Kier alpha value is -3.05. The normalized spacial score (nSPS) is 11.9. The van der Waals surface area contributed by atoms with Crippen LogP contribution in [-0.4, -0.2) is 29.5 Å². The molecule has 0 saturated heterocycles. The van der Waals surface area contributed by atoms with Gasteiger partial charge in [0.05, 0.1) is 5.56 Å². The number of benzene rings is 2. The Morgan fingerprint density at radius 1 is 1.23 bits per heavy atom. The van der Waals surface area contributed by atoms with Gasteiger partial charge in [0.15, 0.2) is 12.4 Å². The van der Waals surface area contributed by atoms with E-state index in [4.69, 9.17) is 21.1 Å². The van der Waals surface area contributed by atoms with Crippen LogP contribution >= 0.6 is 11.6 Å². The fourth-order valence-electron chi connectivity index (χ4n) is 3.36. The molecule has 0 saturated carbocycles. The van der Waals surface area contributed by atoms with Gasteiger partial charge < -0.3 is 14.0 Å².